The van der Waals surface area contributed by atoms with Gasteiger partial charge in [-0.05, 0) is 37.1 Å². The van der Waals surface area contributed by atoms with E-state index in [-0.39, 0.29) is 12.5 Å². The van der Waals surface area contributed by atoms with E-state index in [2.05, 4.69) is 5.32 Å². The first-order valence-corrected chi connectivity index (χ1v) is 12.5. The van der Waals surface area contributed by atoms with Crippen molar-refractivity contribution in [3.05, 3.63) is 65.2 Å². The van der Waals surface area contributed by atoms with E-state index in [1.54, 1.807) is 68.4 Å². The molecule has 180 valence electrons. The zero-order valence-electron chi connectivity index (χ0n) is 19.4. The van der Waals surface area contributed by atoms with E-state index in [1.165, 1.54) is 19.0 Å². The minimum absolute atomic E-state index is 0.0682. The van der Waals surface area contributed by atoms with Crippen LogP contribution in [0.25, 0.3) is 0 Å². The second-order valence-corrected chi connectivity index (χ2v) is 10.0. The zero-order valence-corrected chi connectivity index (χ0v) is 20.9. The van der Waals surface area contributed by atoms with Crippen LogP contribution < -0.4 is 9.62 Å². The third-order valence-electron chi connectivity index (χ3n) is 5.10. The van der Waals surface area contributed by atoms with Crippen LogP contribution in [0.5, 0.6) is 0 Å². The van der Waals surface area contributed by atoms with Crippen LogP contribution in [0.2, 0.25) is 5.02 Å². The summed E-state index contributed by atoms with van der Waals surface area (Å²) < 4.78 is 28.2. The fourth-order valence-electron chi connectivity index (χ4n) is 3.33. The molecule has 10 heteroatoms. The number of para-hydroxylation sites is 1. The molecule has 33 heavy (non-hydrogen) atoms. The Balaban J connectivity index is 2.48. The monoisotopic (exact) mass is 494 g/mol. The maximum absolute atomic E-state index is 13.6. The highest BCUT2D eigenvalue weighted by molar-refractivity contribution is 7.90. The maximum Gasteiger partial charge on any atom is 0.304 e. The van der Waals surface area contributed by atoms with Gasteiger partial charge in [0, 0.05) is 32.2 Å². The lowest BCUT2D eigenvalue weighted by Crippen LogP contribution is -2.53. The van der Waals surface area contributed by atoms with Gasteiger partial charge in [-0.15, -0.1) is 0 Å². The first kappa shape index (κ1) is 26.6. The first-order valence-electron chi connectivity index (χ1n) is 10.7. The van der Waals surface area contributed by atoms with Gasteiger partial charge in [0.05, 0.1) is 5.69 Å². The molecule has 2 aromatic rings. The maximum atomic E-state index is 13.6. The molecule has 0 aromatic heterocycles. The van der Waals surface area contributed by atoms with E-state index < -0.39 is 28.7 Å². The molecule has 8 nitrogen and oxygen atoms in total. The third-order valence-corrected chi connectivity index (χ3v) is 7.29. The molecule has 0 unspecified atom stereocenters. The lowest BCUT2D eigenvalue weighted by atomic mass is 10.1. The summed E-state index contributed by atoms with van der Waals surface area (Å²) in [5.41, 5.74) is 1.01. The number of benzene rings is 2. The highest BCUT2D eigenvalue weighted by atomic mass is 35.5. The van der Waals surface area contributed by atoms with Gasteiger partial charge < -0.3 is 10.2 Å². The molecule has 0 radical (unpaired) electrons. The van der Waals surface area contributed by atoms with Crippen molar-refractivity contribution in [3.8, 4) is 0 Å². The Bertz CT molecular complexity index is 1050. The van der Waals surface area contributed by atoms with Crippen LogP contribution in [0, 0.1) is 0 Å². The number of halogens is 1. The second-order valence-electron chi connectivity index (χ2n) is 7.56. The van der Waals surface area contributed by atoms with Gasteiger partial charge in [-0.1, -0.05) is 54.9 Å². The van der Waals surface area contributed by atoms with Gasteiger partial charge >= 0.3 is 10.2 Å². The number of nitrogens with zero attached hydrogens (tertiary/aromatic N) is 3. The lowest BCUT2D eigenvalue weighted by Gasteiger charge is -2.34. The molecular formula is C23H31ClN4O4S. The van der Waals surface area contributed by atoms with E-state index in [1.807, 2.05) is 0 Å². The van der Waals surface area contributed by atoms with Gasteiger partial charge in [-0.2, -0.15) is 12.7 Å². The smallest absolute Gasteiger partial charge is 0.304 e. The van der Waals surface area contributed by atoms with E-state index in [0.717, 1.165) is 8.61 Å². The summed E-state index contributed by atoms with van der Waals surface area (Å²) >= 11 is 6.33. The van der Waals surface area contributed by atoms with Crippen molar-refractivity contribution in [1.82, 2.24) is 14.5 Å². The fourth-order valence-corrected chi connectivity index (χ4v) is 4.58. The van der Waals surface area contributed by atoms with E-state index >= 15 is 0 Å². The fraction of sp³-hybridized carbons (Fsp3) is 0.391. The van der Waals surface area contributed by atoms with Crippen LogP contribution in [0.1, 0.15) is 25.8 Å². The van der Waals surface area contributed by atoms with Gasteiger partial charge in [-0.25, -0.2) is 4.31 Å². The number of hydrogen-bond acceptors (Lipinski definition) is 4. The van der Waals surface area contributed by atoms with Crippen molar-refractivity contribution >= 4 is 39.3 Å². The van der Waals surface area contributed by atoms with Crippen LogP contribution in [-0.2, 0) is 26.3 Å². The summed E-state index contributed by atoms with van der Waals surface area (Å²) in [6, 6.07) is 14.7. The van der Waals surface area contributed by atoms with Crippen molar-refractivity contribution in [2.45, 2.75) is 32.9 Å². The molecule has 2 amide bonds. The van der Waals surface area contributed by atoms with Crippen molar-refractivity contribution < 1.29 is 18.0 Å². The van der Waals surface area contributed by atoms with Gasteiger partial charge in [0.25, 0.3) is 0 Å². The van der Waals surface area contributed by atoms with E-state index in [0.29, 0.717) is 29.2 Å². The van der Waals surface area contributed by atoms with Crippen molar-refractivity contribution in [2.75, 3.05) is 31.5 Å². The molecule has 0 aliphatic heterocycles. The Kier molecular flexibility index (Phi) is 9.70. The Hall–Kier alpha value is -2.62. The standard InChI is InChI=1S/C23H31ClN4O4S/c1-5-21(23(30)25-6-2)27(16-18-12-10-11-15-20(18)24)22(29)17-28(33(31,32)26(3)4)19-13-8-7-9-14-19/h7-15,21H,5-6,16-17H2,1-4H3,(H,25,30)/t21-/m1/s1. The number of anilines is 1. The molecule has 2 rings (SSSR count). The molecular weight excluding hydrogens is 464 g/mol. The van der Waals surface area contributed by atoms with Crippen molar-refractivity contribution in [3.63, 3.8) is 0 Å². The summed E-state index contributed by atoms with van der Waals surface area (Å²) in [6.45, 7) is 3.61. The van der Waals surface area contributed by atoms with Crippen LogP contribution in [0.3, 0.4) is 0 Å². The summed E-state index contributed by atoms with van der Waals surface area (Å²) in [4.78, 5) is 27.8. The molecule has 0 aliphatic rings. The Labute approximate surface area is 201 Å². The Morgan fingerprint density at radius 3 is 2.15 bits per heavy atom. The normalized spacial score (nSPS) is 12.3. The van der Waals surface area contributed by atoms with Gasteiger partial charge in [0.1, 0.15) is 12.6 Å². The highest BCUT2D eigenvalue weighted by Crippen LogP contribution is 2.23. The second kappa shape index (κ2) is 12.0. The molecule has 0 heterocycles. The number of rotatable bonds is 11. The summed E-state index contributed by atoms with van der Waals surface area (Å²) in [6.07, 6.45) is 0.355. The number of carbonyl (C=O) groups excluding carboxylic acids is 2. The Morgan fingerprint density at radius 1 is 1.00 bits per heavy atom. The zero-order chi connectivity index (χ0) is 24.6. The Morgan fingerprint density at radius 2 is 1.61 bits per heavy atom. The largest absolute Gasteiger partial charge is 0.355 e. The molecule has 0 saturated carbocycles. The quantitative estimate of drug-likeness (QED) is 0.520. The molecule has 0 aliphatic carbocycles. The van der Waals surface area contributed by atoms with Crippen LogP contribution >= 0.6 is 11.6 Å². The molecule has 1 N–H and O–H groups in total. The van der Waals surface area contributed by atoms with Crippen LogP contribution in [0.4, 0.5) is 5.69 Å². The number of likely N-dealkylation sites (N-methyl/N-ethyl adjacent to an activating group) is 1. The number of amides is 2. The number of carbonyl (C=O) groups is 2. The predicted octanol–water partition coefficient (Wildman–Crippen LogP) is 2.90. The average molecular weight is 495 g/mol. The topological polar surface area (TPSA) is 90.0 Å². The number of hydrogen-bond donors (Lipinski definition) is 1. The molecule has 0 fully saturated rings. The highest BCUT2D eigenvalue weighted by Gasteiger charge is 2.33. The SMILES string of the molecule is CCNC(=O)[C@@H](CC)N(Cc1ccccc1Cl)C(=O)CN(c1ccccc1)S(=O)(=O)N(C)C. The van der Waals surface area contributed by atoms with Crippen LogP contribution in [0.15, 0.2) is 54.6 Å². The molecule has 0 bridgehead atoms. The van der Waals surface area contributed by atoms with E-state index in [4.69, 9.17) is 11.6 Å². The minimum Gasteiger partial charge on any atom is -0.355 e. The predicted molar refractivity (Wildman–Crippen MR) is 131 cm³/mol. The molecule has 0 spiro atoms. The third kappa shape index (κ3) is 6.69. The van der Waals surface area contributed by atoms with Crippen LogP contribution in [-0.4, -0.2) is 62.7 Å². The van der Waals surface area contributed by atoms with Gasteiger partial charge in [-0.3, -0.25) is 9.59 Å². The first-order chi connectivity index (χ1) is 15.6. The number of nitrogens with one attached hydrogen (secondary N) is 1. The van der Waals surface area contributed by atoms with Crippen molar-refractivity contribution in [1.29, 1.82) is 0 Å². The lowest BCUT2D eigenvalue weighted by molar-refractivity contribution is -0.140. The molecule has 1 atom stereocenters. The molecule has 0 saturated heterocycles. The van der Waals surface area contributed by atoms with E-state index in [9.17, 15) is 18.0 Å². The molecule has 2 aromatic carbocycles. The average Bonchev–Trinajstić information content (AvgIpc) is 2.79. The minimum atomic E-state index is -3.97. The van der Waals surface area contributed by atoms with Gasteiger partial charge in [0.15, 0.2) is 0 Å². The van der Waals surface area contributed by atoms with Crippen molar-refractivity contribution in [2.24, 2.45) is 0 Å². The summed E-state index contributed by atoms with van der Waals surface area (Å²) in [5.74, 6) is -0.815. The summed E-state index contributed by atoms with van der Waals surface area (Å²) in [5, 5.41) is 3.22. The van der Waals surface area contributed by atoms with Gasteiger partial charge in [0.2, 0.25) is 11.8 Å². The summed E-state index contributed by atoms with van der Waals surface area (Å²) in [7, 11) is -1.16.